The number of hydrogen-bond acceptors (Lipinski definition) is 3. The normalized spacial score (nSPS) is 12.4. The van der Waals surface area contributed by atoms with E-state index in [1.165, 1.54) is 5.56 Å². The molecule has 6 heteroatoms. The highest BCUT2D eigenvalue weighted by atomic mass is 127. The predicted octanol–water partition coefficient (Wildman–Crippen LogP) is 3.23. The van der Waals surface area contributed by atoms with Crippen LogP contribution in [0.15, 0.2) is 35.3 Å². The maximum Gasteiger partial charge on any atom is 0.191 e. The van der Waals surface area contributed by atoms with Crippen molar-refractivity contribution in [3.63, 3.8) is 0 Å². The van der Waals surface area contributed by atoms with Gasteiger partial charge in [-0.15, -0.1) is 24.0 Å². The maximum absolute atomic E-state index is 5.69. The van der Waals surface area contributed by atoms with Gasteiger partial charge < -0.3 is 20.1 Å². The largest absolute Gasteiger partial charge is 0.383 e. The highest BCUT2D eigenvalue weighted by Crippen LogP contribution is 2.00. The summed E-state index contributed by atoms with van der Waals surface area (Å²) in [5.41, 5.74) is 1.33. The van der Waals surface area contributed by atoms with Crippen LogP contribution in [0, 0.1) is 0 Å². The number of ether oxygens (including phenoxy) is 2. The number of guanidine groups is 1. The van der Waals surface area contributed by atoms with E-state index in [0.29, 0.717) is 6.61 Å². The predicted molar refractivity (Wildman–Crippen MR) is 116 cm³/mol. The third kappa shape index (κ3) is 13.1. The second-order valence-corrected chi connectivity index (χ2v) is 5.82. The minimum absolute atomic E-state index is 0. The Kier molecular flexibility index (Phi) is 16.0. The van der Waals surface area contributed by atoms with Crippen LogP contribution in [0.25, 0.3) is 0 Å². The second-order valence-electron chi connectivity index (χ2n) is 5.82. The van der Waals surface area contributed by atoms with E-state index < -0.39 is 0 Å². The number of benzene rings is 1. The van der Waals surface area contributed by atoms with Gasteiger partial charge in [-0.25, -0.2) is 0 Å². The van der Waals surface area contributed by atoms with Crippen molar-refractivity contribution in [1.29, 1.82) is 0 Å². The molecule has 0 heterocycles. The molecule has 1 atom stereocenters. The number of rotatable bonds is 12. The van der Waals surface area contributed by atoms with Crippen molar-refractivity contribution >= 4 is 29.9 Å². The lowest BCUT2D eigenvalue weighted by Crippen LogP contribution is -2.44. The Bertz CT molecular complexity index is 444. The van der Waals surface area contributed by atoms with Gasteiger partial charge in [0, 0.05) is 32.8 Å². The Morgan fingerprint density at radius 2 is 1.92 bits per heavy atom. The van der Waals surface area contributed by atoms with Gasteiger partial charge in [0.1, 0.15) is 0 Å². The number of nitrogens with one attached hydrogen (secondary N) is 2. The molecule has 5 nitrogen and oxygen atoms in total. The highest BCUT2D eigenvalue weighted by Gasteiger charge is 2.03. The van der Waals surface area contributed by atoms with E-state index in [9.17, 15) is 0 Å². The molecule has 0 saturated heterocycles. The quantitative estimate of drug-likeness (QED) is 0.216. The summed E-state index contributed by atoms with van der Waals surface area (Å²) < 4.78 is 10.8. The SMILES string of the molecule is CCNC(=NCCCCOCCc1ccccc1)NC(C)COC.I. The molecule has 0 aliphatic heterocycles. The summed E-state index contributed by atoms with van der Waals surface area (Å²) in [7, 11) is 1.71. The highest BCUT2D eigenvalue weighted by molar-refractivity contribution is 14.0. The van der Waals surface area contributed by atoms with E-state index >= 15 is 0 Å². The van der Waals surface area contributed by atoms with Crippen LogP contribution in [0.3, 0.4) is 0 Å². The molecular formula is C19H34IN3O2. The van der Waals surface area contributed by atoms with Gasteiger partial charge in [0.15, 0.2) is 5.96 Å². The smallest absolute Gasteiger partial charge is 0.191 e. The molecule has 0 spiro atoms. The summed E-state index contributed by atoms with van der Waals surface area (Å²) >= 11 is 0. The summed E-state index contributed by atoms with van der Waals surface area (Å²) in [6.45, 7) is 8.05. The third-order valence-corrected chi connectivity index (χ3v) is 3.49. The average molecular weight is 463 g/mol. The van der Waals surface area contributed by atoms with Crippen LogP contribution in [-0.2, 0) is 15.9 Å². The Morgan fingerprint density at radius 1 is 1.16 bits per heavy atom. The fourth-order valence-electron chi connectivity index (χ4n) is 2.29. The molecule has 1 unspecified atom stereocenters. The maximum atomic E-state index is 5.69. The Balaban J connectivity index is 0.00000576. The number of aliphatic imine (C=N–C) groups is 1. The molecule has 2 N–H and O–H groups in total. The van der Waals surface area contributed by atoms with Crippen LogP contribution in [-0.4, -0.2) is 52.0 Å². The van der Waals surface area contributed by atoms with E-state index in [4.69, 9.17) is 9.47 Å². The molecule has 1 aromatic rings. The molecule has 0 bridgehead atoms. The molecule has 144 valence electrons. The zero-order valence-corrected chi connectivity index (χ0v) is 18.1. The van der Waals surface area contributed by atoms with E-state index in [0.717, 1.165) is 51.5 Å². The zero-order valence-electron chi connectivity index (χ0n) is 15.8. The molecule has 1 aromatic carbocycles. The van der Waals surface area contributed by atoms with E-state index in [2.05, 4.69) is 53.7 Å². The molecule has 0 aliphatic carbocycles. The molecule has 25 heavy (non-hydrogen) atoms. The van der Waals surface area contributed by atoms with E-state index in [1.54, 1.807) is 7.11 Å². The van der Waals surface area contributed by atoms with Gasteiger partial charge in [-0.3, -0.25) is 4.99 Å². The van der Waals surface area contributed by atoms with Gasteiger partial charge in [0.05, 0.1) is 13.2 Å². The summed E-state index contributed by atoms with van der Waals surface area (Å²) in [6.07, 6.45) is 3.04. The third-order valence-electron chi connectivity index (χ3n) is 3.49. The van der Waals surface area contributed by atoms with Crippen molar-refractivity contribution in [2.45, 2.75) is 39.2 Å². The zero-order chi connectivity index (χ0) is 17.5. The summed E-state index contributed by atoms with van der Waals surface area (Å²) in [6, 6.07) is 10.7. The van der Waals surface area contributed by atoms with E-state index in [1.807, 2.05) is 6.07 Å². The fraction of sp³-hybridized carbons (Fsp3) is 0.632. The van der Waals surface area contributed by atoms with Gasteiger partial charge in [0.2, 0.25) is 0 Å². The van der Waals surface area contributed by atoms with Gasteiger partial charge in [0.25, 0.3) is 0 Å². The van der Waals surface area contributed by atoms with Crippen molar-refractivity contribution in [2.75, 3.05) is 40.0 Å². The van der Waals surface area contributed by atoms with Crippen LogP contribution in [0.5, 0.6) is 0 Å². The average Bonchev–Trinajstić information content (AvgIpc) is 2.58. The minimum atomic E-state index is 0. The number of halogens is 1. The summed E-state index contributed by atoms with van der Waals surface area (Å²) in [5, 5.41) is 6.58. The molecule has 0 fully saturated rings. The number of unbranched alkanes of at least 4 members (excludes halogenated alkanes) is 1. The van der Waals surface area contributed by atoms with Crippen LogP contribution in [0.4, 0.5) is 0 Å². The summed E-state index contributed by atoms with van der Waals surface area (Å²) in [5.74, 6) is 0.854. The number of nitrogens with zero attached hydrogens (tertiary/aromatic N) is 1. The summed E-state index contributed by atoms with van der Waals surface area (Å²) in [4.78, 5) is 4.58. The fourth-order valence-corrected chi connectivity index (χ4v) is 2.29. The van der Waals surface area contributed by atoms with Crippen LogP contribution in [0.2, 0.25) is 0 Å². The Labute approximate surface area is 170 Å². The lowest BCUT2D eigenvalue weighted by molar-refractivity contribution is 0.134. The first kappa shape index (κ1) is 24.1. The first-order chi connectivity index (χ1) is 11.8. The van der Waals surface area contributed by atoms with E-state index in [-0.39, 0.29) is 30.0 Å². The monoisotopic (exact) mass is 463 g/mol. The first-order valence-corrected chi connectivity index (χ1v) is 8.91. The topological polar surface area (TPSA) is 54.9 Å². The van der Waals surface area contributed by atoms with Crippen LogP contribution in [0.1, 0.15) is 32.3 Å². The number of hydrogen-bond donors (Lipinski definition) is 2. The van der Waals surface area contributed by atoms with Crippen molar-refractivity contribution in [3.05, 3.63) is 35.9 Å². The molecule has 0 radical (unpaired) electrons. The molecule has 0 amide bonds. The standard InChI is InChI=1S/C19H33N3O2.HI/c1-4-20-19(22-17(2)16-23-3)21-13-8-9-14-24-15-12-18-10-6-5-7-11-18;/h5-7,10-11,17H,4,8-9,12-16H2,1-3H3,(H2,20,21,22);1H. The first-order valence-electron chi connectivity index (χ1n) is 8.91. The van der Waals surface area contributed by atoms with Gasteiger partial charge in [-0.2, -0.15) is 0 Å². The minimum Gasteiger partial charge on any atom is -0.383 e. The Morgan fingerprint density at radius 3 is 2.60 bits per heavy atom. The van der Waals surface area contributed by atoms with Gasteiger partial charge >= 0.3 is 0 Å². The molecule has 0 aromatic heterocycles. The molecular weight excluding hydrogens is 429 g/mol. The molecule has 0 saturated carbocycles. The van der Waals surface area contributed by atoms with Crippen molar-refractivity contribution in [2.24, 2.45) is 4.99 Å². The molecule has 1 rings (SSSR count). The van der Waals surface area contributed by atoms with Crippen molar-refractivity contribution in [3.8, 4) is 0 Å². The number of methoxy groups -OCH3 is 1. The van der Waals surface area contributed by atoms with Gasteiger partial charge in [-0.1, -0.05) is 30.3 Å². The van der Waals surface area contributed by atoms with Gasteiger partial charge in [-0.05, 0) is 38.7 Å². The van der Waals surface area contributed by atoms with Crippen molar-refractivity contribution < 1.29 is 9.47 Å². The second kappa shape index (κ2) is 16.6. The molecule has 0 aliphatic rings. The lowest BCUT2D eigenvalue weighted by Gasteiger charge is -2.16. The lowest BCUT2D eigenvalue weighted by atomic mass is 10.2. The Hall–Kier alpha value is -0.860. The van der Waals surface area contributed by atoms with Crippen LogP contribution < -0.4 is 10.6 Å². The van der Waals surface area contributed by atoms with Crippen LogP contribution >= 0.6 is 24.0 Å². The van der Waals surface area contributed by atoms with Crippen molar-refractivity contribution in [1.82, 2.24) is 10.6 Å².